The summed E-state index contributed by atoms with van der Waals surface area (Å²) in [5, 5.41) is 18.3. The van der Waals surface area contributed by atoms with Gasteiger partial charge in [-0.15, -0.1) is 0 Å². The van der Waals surface area contributed by atoms with E-state index in [-0.39, 0.29) is 12.3 Å². The summed E-state index contributed by atoms with van der Waals surface area (Å²) in [6, 6.07) is 0. The van der Waals surface area contributed by atoms with Crippen LogP contribution in [0, 0.1) is 11.8 Å². The second-order valence-electron chi connectivity index (χ2n) is 6.35. The molecular weight excluding hydrogens is 280 g/mol. The molecule has 4 heteroatoms. The monoisotopic (exact) mass is 314 g/mol. The molecule has 2 atom stereocenters. The highest BCUT2D eigenvalue weighted by Crippen LogP contribution is 2.28. The number of hydrogen-bond acceptors (Lipinski definition) is 2. The minimum atomic E-state index is -1.00. The van der Waals surface area contributed by atoms with Crippen molar-refractivity contribution in [3.63, 3.8) is 0 Å². The first kappa shape index (κ1) is 20.9. The van der Waals surface area contributed by atoms with Gasteiger partial charge in [0.05, 0.1) is 12.3 Å². The summed E-state index contributed by atoms with van der Waals surface area (Å²) < 4.78 is 0. The Labute approximate surface area is 135 Å². The summed E-state index contributed by atoms with van der Waals surface area (Å²) in [6.07, 6.45) is 11.6. The Morgan fingerprint density at radius 3 is 1.64 bits per heavy atom. The molecule has 0 rings (SSSR count). The zero-order valence-electron chi connectivity index (χ0n) is 14.4. The van der Waals surface area contributed by atoms with Crippen molar-refractivity contribution in [3.8, 4) is 0 Å². The molecule has 0 spiro atoms. The van der Waals surface area contributed by atoms with Crippen LogP contribution in [0.15, 0.2) is 0 Å². The molecule has 0 radical (unpaired) electrons. The number of aliphatic carboxylic acids is 2. The molecule has 130 valence electrons. The van der Waals surface area contributed by atoms with Crippen molar-refractivity contribution in [2.24, 2.45) is 11.8 Å². The number of unbranched alkanes of at least 4 members (excludes halogenated alkanes) is 7. The van der Waals surface area contributed by atoms with E-state index >= 15 is 0 Å². The number of rotatable bonds is 15. The standard InChI is InChI=1S/C18H34O4/c1-3-5-7-9-11-13-15(12-10-8-6-4-2)16(18(21)22)14-17(19)20/h15-16H,3-14H2,1-2H3,(H,19,20)(H,21,22). The SMILES string of the molecule is CCCCCCCC(CCCCCC)C(CC(=O)O)C(=O)O. The largest absolute Gasteiger partial charge is 0.481 e. The van der Waals surface area contributed by atoms with Gasteiger partial charge in [0.2, 0.25) is 0 Å². The molecule has 0 bridgehead atoms. The highest BCUT2D eigenvalue weighted by Gasteiger charge is 2.29. The number of carboxylic acid groups (broad SMARTS) is 2. The molecule has 0 aliphatic rings. The Hall–Kier alpha value is -1.06. The maximum atomic E-state index is 11.4. The first-order chi connectivity index (χ1) is 10.5. The van der Waals surface area contributed by atoms with Gasteiger partial charge in [-0.1, -0.05) is 71.6 Å². The molecule has 22 heavy (non-hydrogen) atoms. The Kier molecular flexibility index (Phi) is 12.9. The van der Waals surface area contributed by atoms with E-state index in [1.54, 1.807) is 0 Å². The van der Waals surface area contributed by atoms with Gasteiger partial charge in [-0.25, -0.2) is 0 Å². The minimum Gasteiger partial charge on any atom is -0.481 e. The van der Waals surface area contributed by atoms with Crippen molar-refractivity contribution in [1.29, 1.82) is 0 Å². The van der Waals surface area contributed by atoms with E-state index in [1.807, 2.05) is 0 Å². The third-order valence-corrected chi connectivity index (χ3v) is 4.39. The molecule has 0 heterocycles. The van der Waals surface area contributed by atoms with Gasteiger partial charge >= 0.3 is 11.9 Å². The Morgan fingerprint density at radius 1 is 0.773 bits per heavy atom. The van der Waals surface area contributed by atoms with Crippen molar-refractivity contribution >= 4 is 11.9 Å². The molecule has 0 aromatic heterocycles. The summed E-state index contributed by atoms with van der Waals surface area (Å²) in [7, 11) is 0. The summed E-state index contributed by atoms with van der Waals surface area (Å²) in [5.41, 5.74) is 0. The molecule has 0 aliphatic heterocycles. The lowest BCUT2D eigenvalue weighted by atomic mass is 9.81. The molecular formula is C18H34O4. The third-order valence-electron chi connectivity index (χ3n) is 4.39. The summed E-state index contributed by atoms with van der Waals surface area (Å²) in [4.78, 5) is 22.4. The van der Waals surface area contributed by atoms with Crippen LogP contribution in [0.1, 0.15) is 90.9 Å². The Balaban J connectivity index is 4.44. The van der Waals surface area contributed by atoms with E-state index in [4.69, 9.17) is 5.11 Å². The van der Waals surface area contributed by atoms with Crippen LogP contribution >= 0.6 is 0 Å². The third kappa shape index (κ3) is 10.6. The van der Waals surface area contributed by atoms with E-state index in [1.165, 1.54) is 25.7 Å². The fourth-order valence-corrected chi connectivity index (χ4v) is 3.03. The van der Waals surface area contributed by atoms with Crippen LogP contribution in [0.25, 0.3) is 0 Å². The lowest BCUT2D eigenvalue weighted by molar-refractivity contribution is -0.150. The quantitative estimate of drug-likeness (QED) is 0.412. The molecule has 0 saturated carbocycles. The topological polar surface area (TPSA) is 74.6 Å². The summed E-state index contributed by atoms with van der Waals surface area (Å²) >= 11 is 0. The van der Waals surface area contributed by atoms with Crippen LogP contribution in [0.4, 0.5) is 0 Å². The zero-order chi connectivity index (χ0) is 16.8. The molecule has 0 aliphatic carbocycles. The van der Waals surface area contributed by atoms with Gasteiger partial charge in [-0.05, 0) is 18.8 Å². The van der Waals surface area contributed by atoms with Gasteiger partial charge in [0, 0.05) is 0 Å². The van der Waals surface area contributed by atoms with Crippen LogP contribution < -0.4 is 0 Å². The van der Waals surface area contributed by atoms with Crippen LogP contribution in [0.5, 0.6) is 0 Å². The van der Waals surface area contributed by atoms with Crippen molar-refractivity contribution in [1.82, 2.24) is 0 Å². The van der Waals surface area contributed by atoms with Gasteiger partial charge in [-0.3, -0.25) is 9.59 Å². The van der Waals surface area contributed by atoms with Gasteiger partial charge in [0.15, 0.2) is 0 Å². The van der Waals surface area contributed by atoms with Crippen molar-refractivity contribution in [3.05, 3.63) is 0 Å². The molecule has 0 fully saturated rings. The lowest BCUT2D eigenvalue weighted by Gasteiger charge is -2.23. The van der Waals surface area contributed by atoms with Gasteiger partial charge in [0.1, 0.15) is 0 Å². The first-order valence-electron chi connectivity index (χ1n) is 8.97. The van der Waals surface area contributed by atoms with Gasteiger partial charge < -0.3 is 10.2 Å². The first-order valence-corrected chi connectivity index (χ1v) is 8.97. The smallest absolute Gasteiger partial charge is 0.307 e. The Morgan fingerprint density at radius 2 is 1.23 bits per heavy atom. The average molecular weight is 314 g/mol. The van der Waals surface area contributed by atoms with E-state index in [0.717, 1.165) is 44.9 Å². The molecule has 2 unspecified atom stereocenters. The van der Waals surface area contributed by atoms with Crippen LogP contribution in [0.2, 0.25) is 0 Å². The van der Waals surface area contributed by atoms with E-state index in [9.17, 15) is 14.7 Å². The van der Waals surface area contributed by atoms with Crippen molar-refractivity contribution in [2.75, 3.05) is 0 Å². The van der Waals surface area contributed by atoms with E-state index in [2.05, 4.69) is 13.8 Å². The van der Waals surface area contributed by atoms with E-state index in [0.29, 0.717) is 0 Å². The highest BCUT2D eigenvalue weighted by atomic mass is 16.4. The molecule has 0 amide bonds. The van der Waals surface area contributed by atoms with Gasteiger partial charge in [-0.2, -0.15) is 0 Å². The summed E-state index contributed by atoms with van der Waals surface area (Å²) in [5.74, 6) is -2.68. The molecule has 2 N–H and O–H groups in total. The molecule has 0 aromatic carbocycles. The van der Waals surface area contributed by atoms with Crippen LogP contribution in [-0.4, -0.2) is 22.2 Å². The van der Waals surface area contributed by atoms with Crippen LogP contribution in [-0.2, 0) is 9.59 Å². The second-order valence-corrected chi connectivity index (χ2v) is 6.35. The van der Waals surface area contributed by atoms with Crippen molar-refractivity contribution < 1.29 is 19.8 Å². The molecule has 4 nitrogen and oxygen atoms in total. The number of carbonyl (C=O) groups is 2. The second kappa shape index (κ2) is 13.6. The van der Waals surface area contributed by atoms with Gasteiger partial charge in [0.25, 0.3) is 0 Å². The lowest BCUT2D eigenvalue weighted by Crippen LogP contribution is -2.26. The number of carboxylic acids is 2. The van der Waals surface area contributed by atoms with Crippen molar-refractivity contribution in [2.45, 2.75) is 90.9 Å². The fourth-order valence-electron chi connectivity index (χ4n) is 3.03. The Bertz CT molecular complexity index is 301. The zero-order valence-corrected chi connectivity index (χ0v) is 14.4. The highest BCUT2D eigenvalue weighted by molar-refractivity contribution is 5.77. The normalized spacial score (nSPS) is 13.7. The maximum Gasteiger partial charge on any atom is 0.307 e. The summed E-state index contributed by atoms with van der Waals surface area (Å²) in [6.45, 7) is 4.32. The predicted octanol–water partition coefficient (Wildman–Crippen LogP) is 5.11. The minimum absolute atomic E-state index is 0.00656. The fraction of sp³-hybridized carbons (Fsp3) is 0.889. The van der Waals surface area contributed by atoms with Crippen LogP contribution in [0.3, 0.4) is 0 Å². The average Bonchev–Trinajstić information content (AvgIpc) is 2.46. The molecule has 0 saturated heterocycles. The van der Waals surface area contributed by atoms with E-state index < -0.39 is 17.9 Å². The molecule has 0 aromatic rings. The maximum absolute atomic E-state index is 11.4. The predicted molar refractivity (Wildman–Crippen MR) is 89.0 cm³/mol. The number of hydrogen-bond donors (Lipinski definition) is 2.